The lowest BCUT2D eigenvalue weighted by Crippen LogP contribution is -2.40. The lowest BCUT2D eigenvalue weighted by Gasteiger charge is -2.30. The molecule has 2 aromatic carbocycles. The Morgan fingerprint density at radius 3 is 2.62 bits per heavy atom. The smallest absolute Gasteiger partial charge is 0.269 e. The summed E-state index contributed by atoms with van der Waals surface area (Å²) in [5.74, 6) is -0.219. The third-order valence-corrected chi connectivity index (χ3v) is 7.91. The average molecular weight is 455 g/mol. The number of hydrogen-bond donors (Lipinski definition) is 0. The van der Waals surface area contributed by atoms with Gasteiger partial charge in [-0.1, -0.05) is 26.0 Å². The molecule has 1 aliphatic heterocycles. The van der Waals surface area contributed by atoms with E-state index in [1.807, 2.05) is 19.9 Å². The number of carbonyl (C=O) groups excluding carboxylic acids is 1. The normalized spacial score (nSPS) is 14.0. The Balaban J connectivity index is 1.66. The zero-order valence-corrected chi connectivity index (χ0v) is 19.0. The second kappa shape index (κ2) is 8.84. The van der Waals surface area contributed by atoms with Gasteiger partial charge in [-0.15, -0.1) is 0 Å². The number of fused-ring (bicyclic) bond motifs is 2. The number of sulfonamides is 1. The summed E-state index contributed by atoms with van der Waals surface area (Å²) in [5, 5.41) is 0. The molecule has 0 unspecified atom stereocenters. The van der Waals surface area contributed by atoms with Gasteiger partial charge in [0.15, 0.2) is 0 Å². The SMILES string of the molecule is CCN(CC)S(=O)(=O)c1ccc2c(c1)CCCN2C(=O)Cn1c(=O)cnc2ccccc21. The lowest BCUT2D eigenvalue weighted by atomic mass is 10.0. The zero-order chi connectivity index (χ0) is 22.9. The van der Waals surface area contributed by atoms with Crippen LogP contribution in [0, 0.1) is 0 Å². The highest BCUT2D eigenvalue weighted by Gasteiger charge is 2.27. The van der Waals surface area contributed by atoms with Crippen LogP contribution in [0.1, 0.15) is 25.8 Å². The van der Waals surface area contributed by atoms with Crippen LogP contribution in [0.4, 0.5) is 5.69 Å². The van der Waals surface area contributed by atoms with E-state index in [0.717, 1.165) is 12.0 Å². The minimum absolute atomic E-state index is 0.110. The highest BCUT2D eigenvalue weighted by atomic mass is 32.2. The molecule has 1 aliphatic rings. The third-order valence-electron chi connectivity index (χ3n) is 5.86. The Hall–Kier alpha value is -3.04. The van der Waals surface area contributed by atoms with Gasteiger partial charge >= 0.3 is 0 Å². The van der Waals surface area contributed by atoms with Crippen LogP contribution in [0.3, 0.4) is 0 Å². The summed E-state index contributed by atoms with van der Waals surface area (Å²) in [6.07, 6.45) is 2.64. The minimum Gasteiger partial charge on any atom is -0.311 e. The maximum atomic E-state index is 13.2. The van der Waals surface area contributed by atoms with Gasteiger partial charge in [0.05, 0.1) is 22.1 Å². The first-order valence-electron chi connectivity index (χ1n) is 10.7. The van der Waals surface area contributed by atoms with Gasteiger partial charge in [-0.3, -0.25) is 14.2 Å². The summed E-state index contributed by atoms with van der Waals surface area (Å²) in [6.45, 7) is 4.83. The molecule has 32 heavy (non-hydrogen) atoms. The molecule has 0 radical (unpaired) electrons. The van der Waals surface area contributed by atoms with Crippen LogP contribution in [-0.4, -0.2) is 47.8 Å². The number of carbonyl (C=O) groups is 1. The molecule has 1 amide bonds. The van der Waals surface area contributed by atoms with E-state index in [4.69, 9.17) is 0 Å². The first-order valence-corrected chi connectivity index (χ1v) is 12.2. The van der Waals surface area contributed by atoms with Gasteiger partial charge in [0.2, 0.25) is 15.9 Å². The maximum absolute atomic E-state index is 13.2. The Bertz CT molecular complexity index is 1330. The van der Waals surface area contributed by atoms with Gasteiger partial charge in [-0.2, -0.15) is 4.31 Å². The van der Waals surface area contributed by atoms with Crippen LogP contribution < -0.4 is 10.5 Å². The third kappa shape index (κ3) is 3.93. The largest absolute Gasteiger partial charge is 0.311 e. The number of benzene rings is 2. The second-order valence-corrected chi connectivity index (χ2v) is 9.64. The molecule has 1 aromatic heterocycles. The highest BCUT2D eigenvalue weighted by Crippen LogP contribution is 2.30. The number of amides is 1. The molecule has 2 heterocycles. The van der Waals surface area contributed by atoms with Crippen LogP contribution in [0.15, 0.2) is 58.4 Å². The number of nitrogens with zero attached hydrogens (tertiary/aromatic N) is 4. The van der Waals surface area contributed by atoms with Crippen molar-refractivity contribution in [3.63, 3.8) is 0 Å². The van der Waals surface area contributed by atoms with Crippen molar-refractivity contribution in [3.05, 3.63) is 64.6 Å². The summed E-state index contributed by atoms with van der Waals surface area (Å²) in [4.78, 5) is 31.7. The molecule has 8 nitrogen and oxygen atoms in total. The van der Waals surface area contributed by atoms with E-state index in [1.165, 1.54) is 15.1 Å². The topological polar surface area (TPSA) is 92.6 Å². The number of aryl methyl sites for hydroxylation is 1. The summed E-state index contributed by atoms with van der Waals surface area (Å²) in [5.41, 5.74) is 2.43. The van der Waals surface area contributed by atoms with Crippen molar-refractivity contribution in [1.82, 2.24) is 13.9 Å². The molecule has 0 aliphatic carbocycles. The van der Waals surface area contributed by atoms with E-state index in [2.05, 4.69) is 4.98 Å². The minimum atomic E-state index is -3.57. The van der Waals surface area contributed by atoms with E-state index in [0.29, 0.717) is 42.8 Å². The number of para-hydroxylation sites is 2. The van der Waals surface area contributed by atoms with Crippen molar-refractivity contribution in [2.75, 3.05) is 24.5 Å². The van der Waals surface area contributed by atoms with Gasteiger partial charge in [0, 0.05) is 25.3 Å². The van der Waals surface area contributed by atoms with Gasteiger partial charge < -0.3 is 4.90 Å². The standard InChI is InChI=1S/C23H26N4O4S/c1-3-25(4-2)32(30,31)18-11-12-20-17(14-18)8-7-13-26(20)23(29)16-27-21-10-6-5-9-19(21)24-15-22(27)28/h5-6,9-12,14-15H,3-4,7-8,13,16H2,1-2H3. The number of rotatable bonds is 6. The van der Waals surface area contributed by atoms with E-state index in [1.54, 1.807) is 41.3 Å². The van der Waals surface area contributed by atoms with E-state index in [9.17, 15) is 18.0 Å². The monoisotopic (exact) mass is 454 g/mol. The Morgan fingerprint density at radius 2 is 1.88 bits per heavy atom. The summed E-state index contributed by atoms with van der Waals surface area (Å²) < 4.78 is 28.6. The van der Waals surface area contributed by atoms with Gasteiger partial charge in [0.25, 0.3) is 5.56 Å². The zero-order valence-electron chi connectivity index (χ0n) is 18.2. The molecule has 4 rings (SSSR count). The van der Waals surface area contributed by atoms with Gasteiger partial charge in [0.1, 0.15) is 6.54 Å². The molecule has 168 valence electrons. The average Bonchev–Trinajstić information content (AvgIpc) is 2.80. The molecule has 0 saturated heterocycles. The van der Waals surface area contributed by atoms with Crippen LogP contribution in [0.25, 0.3) is 11.0 Å². The first-order chi connectivity index (χ1) is 15.4. The van der Waals surface area contributed by atoms with E-state index < -0.39 is 10.0 Å². The van der Waals surface area contributed by atoms with Crippen molar-refractivity contribution < 1.29 is 13.2 Å². The first kappa shape index (κ1) is 22.2. The summed E-state index contributed by atoms with van der Waals surface area (Å²) in [7, 11) is -3.57. The Kier molecular flexibility index (Phi) is 6.12. The maximum Gasteiger partial charge on any atom is 0.269 e. The van der Waals surface area contributed by atoms with Gasteiger partial charge in [-0.05, 0) is 48.7 Å². The van der Waals surface area contributed by atoms with Crippen molar-refractivity contribution in [3.8, 4) is 0 Å². The molecule has 0 spiro atoms. The molecule has 0 bridgehead atoms. The van der Waals surface area contributed by atoms with Crippen LogP contribution >= 0.6 is 0 Å². The lowest BCUT2D eigenvalue weighted by molar-refractivity contribution is -0.119. The predicted octanol–water partition coefficient (Wildman–Crippen LogP) is 2.41. The summed E-state index contributed by atoms with van der Waals surface area (Å²) in [6, 6.07) is 12.1. The van der Waals surface area contributed by atoms with Crippen LogP contribution in [0.5, 0.6) is 0 Å². The number of aromatic nitrogens is 2. The number of anilines is 1. The Labute approximate surface area is 187 Å². The molecular formula is C23H26N4O4S. The fourth-order valence-corrected chi connectivity index (χ4v) is 5.71. The molecule has 0 atom stereocenters. The predicted molar refractivity (Wildman–Crippen MR) is 123 cm³/mol. The van der Waals surface area contributed by atoms with Gasteiger partial charge in [-0.25, -0.2) is 13.4 Å². The highest BCUT2D eigenvalue weighted by molar-refractivity contribution is 7.89. The molecule has 3 aromatic rings. The van der Waals surface area contributed by atoms with E-state index in [-0.39, 0.29) is 22.9 Å². The molecular weight excluding hydrogens is 428 g/mol. The molecule has 0 fully saturated rings. The van der Waals surface area contributed by atoms with Crippen LogP contribution in [-0.2, 0) is 27.8 Å². The quantitative estimate of drug-likeness (QED) is 0.570. The summed E-state index contributed by atoms with van der Waals surface area (Å²) >= 11 is 0. The molecule has 0 saturated carbocycles. The molecule has 0 N–H and O–H groups in total. The number of hydrogen-bond acceptors (Lipinski definition) is 5. The van der Waals surface area contributed by atoms with Crippen molar-refractivity contribution in [2.24, 2.45) is 0 Å². The van der Waals surface area contributed by atoms with Crippen molar-refractivity contribution in [1.29, 1.82) is 0 Å². The fraction of sp³-hybridized carbons (Fsp3) is 0.348. The van der Waals surface area contributed by atoms with Crippen LogP contribution in [0.2, 0.25) is 0 Å². The second-order valence-electron chi connectivity index (χ2n) is 7.70. The fourth-order valence-electron chi connectivity index (χ4n) is 4.20. The Morgan fingerprint density at radius 1 is 1.12 bits per heavy atom. The molecule has 9 heteroatoms. The van der Waals surface area contributed by atoms with Crippen molar-refractivity contribution in [2.45, 2.75) is 38.1 Å². The van der Waals surface area contributed by atoms with E-state index >= 15 is 0 Å². The van der Waals surface area contributed by atoms with Crippen molar-refractivity contribution >= 4 is 32.7 Å².